The van der Waals surface area contributed by atoms with Gasteiger partial charge in [-0.2, -0.15) is 5.10 Å². The van der Waals surface area contributed by atoms with Crippen LogP contribution in [0.3, 0.4) is 0 Å². The van der Waals surface area contributed by atoms with Crippen LogP contribution in [0.4, 0.5) is 16.6 Å². The fraction of sp³-hybridized carbons (Fsp3) is 0.158. The molecule has 1 aromatic heterocycles. The lowest BCUT2D eigenvalue weighted by atomic mass is 10.1. The second-order valence-electron chi connectivity index (χ2n) is 6.04. The van der Waals surface area contributed by atoms with Crippen LogP contribution in [0.1, 0.15) is 16.7 Å². The Balaban J connectivity index is 1.70. The molecule has 0 aliphatic rings. The zero-order chi connectivity index (χ0) is 20.8. The van der Waals surface area contributed by atoms with E-state index in [0.29, 0.717) is 28.0 Å². The van der Waals surface area contributed by atoms with E-state index >= 15 is 0 Å². The van der Waals surface area contributed by atoms with Gasteiger partial charge < -0.3 is 15.2 Å². The van der Waals surface area contributed by atoms with Gasteiger partial charge in [-0.05, 0) is 42.3 Å². The minimum atomic E-state index is -0.411. The van der Waals surface area contributed by atoms with Crippen molar-refractivity contribution in [3.8, 4) is 11.5 Å². The molecule has 0 fully saturated rings. The first kappa shape index (κ1) is 20.1. The summed E-state index contributed by atoms with van der Waals surface area (Å²) in [4.78, 5) is 14.9. The highest BCUT2D eigenvalue weighted by atomic mass is 32.1. The van der Waals surface area contributed by atoms with Gasteiger partial charge in [0.05, 0.1) is 23.8 Å². The van der Waals surface area contributed by atoms with E-state index in [0.717, 1.165) is 11.1 Å². The second kappa shape index (κ2) is 9.02. The van der Waals surface area contributed by atoms with E-state index in [1.54, 1.807) is 42.8 Å². The Morgan fingerprint density at radius 2 is 2.14 bits per heavy atom. The van der Waals surface area contributed by atoms with Gasteiger partial charge in [0.15, 0.2) is 11.5 Å². The Hall–Kier alpha value is -3.66. The summed E-state index contributed by atoms with van der Waals surface area (Å²) >= 11 is 1.35. The summed E-state index contributed by atoms with van der Waals surface area (Å²) in [7, 11) is 1.52. The molecule has 0 saturated heterocycles. The van der Waals surface area contributed by atoms with Gasteiger partial charge in [0.25, 0.3) is 5.69 Å². The van der Waals surface area contributed by atoms with Crippen LogP contribution in [0, 0.1) is 17.0 Å². The van der Waals surface area contributed by atoms with Gasteiger partial charge >= 0.3 is 0 Å². The lowest BCUT2D eigenvalue weighted by Crippen LogP contribution is -2.02. The first-order valence-corrected chi connectivity index (χ1v) is 9.39. The molecule has 0 spiro atoms. The van der Waals surface area contributed by atoms with Gasteiger partial charge in [-0.25, -0.2) is 4.98 Å². The number of anilines is 2. The monoisotopic (exact) mass is 413 g/mol. The number of methoxy groups -OCH3 is 1. The number of hydrogen-bond acceptors (Lipinski definition) is 9. The van der Waals surface area contributed by atoms with Crippen molar-refractivity contribution < 1.29 is 14.4 Å². The predicted molar refractivity (Wildman–Crippen MR) is 113 cm³/mol. The molecule has 1 heterocycles. The first-order valence-electron chi connectivity index (χ1n) is 8.51. The number of nitrogens with one attached hydrogen (secondary N) is 1. The number of nitrogens with two attached hydrogens (primary N) is 1. The highest BCUT2D eigenvalue weighted by Gasteiger charge is 2.15. The number of nitro groups is 1. The van der Waals surface area contributed by atoms with Crippen molar-refractivity contribution in [2.75, 3.05) is 18.3 Å². The zero-order valence-electron chi connectivity index (χ0n) is 15.8. The van der Waals surface area contributed by atoms with E-state index in [4.69, 9.17) is 15.2 Å². The average Bonchev–Trinajstić information content (AvgIpc) is 3.12. The highest BCUT2D eigenvalue weighted by molar-refractivity contribution is 7.14. The number of aryl methyl sites for hydroxylation is 1. The summed E-state index contributed by atoms with van der Waals surface area (Å²) in [5.41, 5.74) is 10.5. The van der Waals surface area contributed by atoms with Gasteiger partial charge in [0, 0.05) is 11.4 Å². The van der Waals surface area contributed by atoms with Crippen molar-refractivity contribution in [3.63, 3.8) is 0 Å². The van der Waals surface area contributed by atoms with Gasteiger partial charge in [-0.3, -0.25) is 15.5 Å². The maximum Gasteiger partial charge on any atom is 0.276 e. The second-order valence-corrected chi connectivity index (χ2v) is 6.89. The minimum Gasteiger partial charge on any atom is -0.493 e. The number of thiazole rings is 1. The standard InChI is InChI=1S/C19H19N5O4S/c1-12-3-5-14(15(7-12)24(25)26)10-28-16-6-4-13(8-17(16)27-2)9-21-23-19-22-18(20)11-29-19/h3-9,11H,10,20H2,1-2H3,(H,22,23). The van der Waals surface area contributed by atoms with E-state index in [9.17, 15) is 10.1 Å². The minimum absolute atomic E-state index is 0.0293. The number of hydrogen-bond donors (Lipinski definition) is 2. The molecule has 150 valence electrons. The number of benzene rings is 2. The van der Waals surface area contributed by atoms with E-state index in [1.165, 1.54) is 24.5 Å². The first-order chi connectivity index (χ1) is 14.0. The number of hydrazone groups is 1. The fourth-order valence-corrected chi connectivity index (χ4v) is 3.05. The molecule has 0 unspecified atom stereocenters. The summed E-state index contributed by atoms with van der Waals surface area (Å²) < 4.78 is 11.1. The van der Waals surface area contributed by atoms with Gasteiger partial charge in [-0.1, -0.05) is 6.07 Å². The number of nitrogen functional groups attached to an aromatic ring is 1. The average molecular weight is 413 g/mol. The Morgan fingerprint density at radius 3 is 2.83 bits per heavy atom. The molecule has 29 heavy (non-hydrogen) atoms. The molecular weight excluding hydrogens is 394 g/mol. The zero-order valence-corrected chi connectivity index (χ0v) is 16.6. The quantitative estimate of drug-likeness (QED) is 0.325. The molecule has 9 nitrogen and oxygen atoms in total. The van der Waals surface area contributed by atoms with Crippen molar-refractivity contribution >= 4 is 34.2 Å². The van der Waals surface area contributed by atoms with Gasteiger partial charge in [0.2, 0.25) is 5.13 Å². The van der Waals surface area contributed by atoms with Crippen LogP contribution in [0.2, 0.25) is 0 Å². The topological polar surface area (TPSA) is 125 Å². The predicted octanol–water partition coefficient (Wildman–Crippen LogP) is 3.98. The Labute approximate surface area is 171 Å². The molecule has 3 N–H and O–H groups in total. The lowest BCUT2D eigenvalue weighted by Gasteiger charge is -2.11. The molecule has 0 bridgehead atoms. The fourth-order valence-electron chi connectivity index (χ4n) is 2.50. The summed E-state index contributed by atoms with van der Waals surface area (Å²) in [6, 6.07) is 10.3. The molecule has 0 amide bonds. The smallest absolute Gasteiger partial charge is 0.276 e. The highest BCUT2D eigenvalue weighted by Crippen LogP contribution is 2.30. The number of nitrogens with zero attached hydrogens (tertiary/aromatic N) is 3. The molecule has 10 heteroatoms. The van der Waals surface area contributed by atoms with Gasteiger partial charge in [-0.15, -0.1) is 11.3 Å². The summed E-state index contributed by atoms with van der Waals surface area (Å²) in [6.07, 6.45) is 1.61. The SMILES string of the molecule is COc1cc(C=NNc2nc(N)cs2)ccc1OCc1ccc(C)cc1[N+](=O)[O-]. The van der Waals surface area contributed by atoms with Crippen molar-refractivity contribution in [2.45, 2.75) is 13.5 Å². The maximum atomic E-state index is 11.3. The summed E-state index contributed by atoms with van der Waals surface area (Å²) in [5, 5.41) is 17.7. The van der Waals surface area contributed by atoms with Crippen LogP contribution in [-0.4, -0.2) is 23.2 Å². The summed E-state index contributed by atoms with van der Waals surface area (Å²) in [5.74, 6) is 1.40. The number of nitro benzene ring substituents is 1. The molecule has 0 saturated carbocycles. The normalized spacial score (nSPS) is 10.8. The van der Waals surface area contributed by atoms with E-state index in [-0.39, 0.29) is 12.3 Å². The van der Waals surface area contributed by atoms with Crippen LogP contribution >= 0.6 is 11.3 Å². The number of rotatable bonds is 8. The Bertz CT molecular complexity index is 1050. The Kier molecular flexibility index (Phi) is 6.25. The van der Waals surface area contributed by atoms with E-state index in [2.05, 4.69) is 15.5 Å². The van der Waals surface area contributed by atoms with E-state index < -0.39 is 4.92 Å². The third kappa shape index (κ3) is 5.20. The lowest BCUT2D eigenvalue weighted by molar-refractivity contribution is -0.385. The van der Waals surface area contributed by atoms with Crippen LogP contribution in [0.5, 0.6) is 11.5 Å². The van der Waals surface area contributed by atoms with Crippen LogP contribution < -0.4 is 20.6 Å². The van der Waals surface area contributed by atoms with Crippen LogP contribution in [-0.2, 0) is 6.61 Å². The molecule has 0 atom stereocenters. The largest absolute Gasteiger partial charge is 0.493 e. The number of aromatic nitrogens is 1. The molecule has 0 radical (unpaired) electrons. The molecule has 3 rings (SSSR count). The molecule has 0 aliphatic carbocycles. The van der Waals surface area contributed by atoms with Crippen molar-refractivity contribution in [2.24, 2.45) is 5.10 Å². The molecule has 2 aromatic carbocycles. The van der Waals surface area contributed by atoms with Crippen LogP contribution in [0.25, 0.3) is 0 Å². The third-order valence-corrected chi connectivity index (χ3v) is 4.67. The van der Waals surface area contributed by atoms with Crippen molar-refractivity contribution in [1.29, 1.82) is 0 Å². The van der Waals surface area contributed by atoms with Crippen molar-refractivity contribution in [1.82, 2.24) is 4.98 Å². The molecule has 0 aliphatic heterocycles. The number of ether oxygens (including phenoxy) is 2. The van der Waals surface area contributed by atoms with Crippen LogP contribution in [0.15, 0.2) is 46.9 Å². The third-order valence-electron chi connectivity index (χ3n) is 3.90. The maximum absolute atomic E-state index is 11.3. The Morgan fingerprint density at radius 1 is 1.31 bits per heavy atom. The van der Waals surface area contributed by atoms with Crippen molar-refractivity contribution in [3.05, 3.63) is 68.6 Å². The van der Waals surface area contributed by atoms with E-state index in [1.807, 2.05) is 6.07 Å². The molecular formula is C19H19N5O4S. The van der Waals surface area contributed by atoms with Gasteiger partial charge in [0.1, 0.15) is 12.4 Å². The molecule has 3 aromatic rings. The summed E-state index contributed by atoms with van der Waals surface area (Å²) in [6.45, 7) is 1.85.